The fraction of sp³-hybridized carbons (Fsp3) is 0.190. The quantitative estimate of drug-likeness (QED) is 0.518. The molecule has 2 aromatic carbocycles. The number of rotatable bonds is 7. The predicted octanol–water partition coefficient (Wildman–Crippen LogP) is 4.67. The Kier molecular flexibility index (Phi) is 6.77. The SMILES string of the molecule is Cc1ccc(-c2cnc(CCC(=O)OCC(=O)Nc3ccc(Br)cc3F)o2)cc1. The first-order chi connectivity index (χ1) is 13.9. The summed E-state index contributed by atoms with van der Waals surface area (Å²) in [6, 6.07) is 12.0. The average molecular weight is 461 g/mol. The molecule has 0 spiro atoms. The second-order valence-corrected chi connectivity index (χ2v) is 7.23. The summed E-state index contributed by atoms with van der Waals surface area (Å²) in [5, 5.41) is 2.35. The van der Waals surface area contributed by atoms with Gasteiger partial charge in [-0.3, -0.25) is 9.59 Å². The van der Waals surface area contributed by atoms with Gasteiger partial charge in [0.25, 0.3) is 5.91 Å². The highest BCUT2D eigenvalue weighted by molar-refractivity contribution is 9.10. The molecule has 1 N–H and O–H groups in total. The van der Waals surface area contributed by atoms with Crippen LogP contribution in [0.2, 0.25) is 0 Å². The maximum Gasteiger partial charge on any atom is 0.306 e. The molecule has 0 atom stereocenters. The number of carbonyl (C=O) groups is 2. The van der Waals surface area contributed by atoms with Gasteiger partial charge in [0.2, 0.25) is 0 Å². The van der Waals surface area contributed by atoms with Crippen molar-refractivity contribution in [3.05, 3.63) is 70.4 Å². The molecule has 0 saturated heterocycles. The summed E-state index contributed by atoms with van der Waals surface area (Å²) in [4.78, 5) is 27.8. The Balaban J connectivity index is 1.44. The molecule has 0 aliphatic heterocycles. The van der Waals surface area contributed by atoms with E-state index in [1.54, 1.807) is 12.3 Å². The number of amides is 1. The lowest BCUT2D eigenvalue weighted by atomic mass is 10.1. The van der Waals surface area contributed by atoms with E-state index in [0.29, 0.717) is 16.1 Å². The van der Waals surface area contributed by atoms with E-state index in [2.05, 4.69) is 26.2 Å². The lowest BCUT2D eigenvalue weighted by Gasteiger charge is -2.07. The van der Waals surface area contributed by atoms with Crippen LogP contribution in [0.3, 0.4) is 0 Å². The van der Waals surface area contributed by atoms with Crippen LogP contribution < -0.4 is 5.32 Å². The van der Waals surface area contributed by atoms with E-state index in [0.717, 1.165) is 11.1 Å². The predicted molar refractivity (Wildman–Crippen MR) is 109 cm³/mol. The van der Waals surface area contributed by atoms with Gasteiger partial charge in [-0.25, -0.2) is 9.37 Å². The zero-order valence-corrected chi connectivity index (χ0v) is 17.2. The van der Waals surface area contributed by atoms with Crippen LogP contribution in [0.5, 0.6) is 0 Å². The van der Waals surface area contributed by atoms with Crippen LogP contribution in [0.15, 0.2) is 57.6 Å². The third kappa shape index (κ3) is 5.99. The molecule has 0 bridgehead atoms. The van der Waals surface area contributed by atoms with Gasteiger partial charge < -0.3 is 14.5 Å². The van der Waals surface area contributed by atoms with Gasteiger partial charge in [0.05, 0.1) is 18.3 Å². The summed E-state index contributed by atoms with van der Waals surface area (Å²) in [6.07, 6.45) is 1.85. The Labute approximate surface area is 175 Å². The van der Waals surface area contributed by atoms with Crippen molar-refractivity contribution in [2.24, 2.45) is 0 Å². The van der Waals surface area contributed by atoms with Gasteiger partial charge in [-0.15, -0.1) is 0 Å². The molecule has 0 aliphatic rings. The summed E-state index contributed by atoms with van der Waals surface area (Å²) in [7, 11) is 0. The monoisotopic (exact) mass is 460 g/mol. The molecule has 29 heavy (non-hydrogen) atoms. The number of aromatic nitrogens is 1. The first-order valence-corrected chi connectivity index (χ1v) is 9.62. The Bertz CT molecular complexity index is 1020. The maximum atomic E-state index is 13.7. The van der Waals surface area contributed by atoms with Gasteiger partial charge in [-0.05, 0) is 25.1 Å². The first-order valence-electron chi connectivity index (χ1n) is 8.83. The molecule has 3 aromatic rings. The zero-order valence-electron chi connectivity index (χ0n) is 15.6. The van der Waals surface area contributed by atoms with E-state index in [-0.39, 0.29) is 18.5 Å². The normalized spacial score (nSPS) is 10.6. The lowest BCUT2D eigenvalue weighted by molar-refractivity contribution is -0.147. The number of aryl methyl sites for hydroxylation is 2. The van der Waals surface area contributed by atoms with Crippen molar-refractivity contribution >= 4 is 33.5 Å². The van der Waals surface area contributed by atoms with E-state index in [9.17, 15) is 14.0 Å². The van der Waals surface area contributed by atoms with Crippen molar-refractivity contribution in [1.29, 1.82) is 0 Å². The Morgan fingerprint density at radius 1 is 1.21 bits per heavy atom. The van der Waals surface area contributed by atoms with E-state index in [4.69, 9.17) is 9.15 Å². The number of anilines is 1. The highest BCUT2D eigenvalue weighted by atomic mass is 79.9. The third-order valence-electron chi connectivity index (χ3n) is 4.00. The molecular weight excluding hydrogens is 443 g/mol. The molecule has 6 nitrogen and oxygen atoms in total. The molecule has 1 heterocycles. The molecule has 0 radical (unpaired) electrons. The van der Waals surface area contributed by atoms with Crippen molar-refractivity contribution in [1.82, 2.24) is 4.98 Å². The molecule has 0 unspecified atom stereocenters. The van der Waals surface area contributed by atoms with Gasteiger partial charge >= 0.3 is 5.97 Å². The smallest absolute Gasteiger partial charge is 0.306 e. The van der Waals surface area contributed by atoms with Gasteiger partial charge in [-0.1, -0.05) is 45.8 Å². The summed E-state index contributed by atoms with van der Waals surface area (Å²) in [5.41, 5.74) is 2.05. The number of oxazole rings is 1. The second-order valence-electron chi connectivity index (χ2n) is 6.32. The molecule has 0 aliphatic carbocycles. The molecule has 8 heteroatoms. The van der Waals surface area contributed by atoms with E-state index >= 15 is 0 Å². The standard InChI is InChI=1S/C21H18BrFN2O4/c1-13-2-4-14(5-3-13)18-11-24-20(29-18)8-9-21(27)28-12-19(26)25-17-7-6-15(22)10-16(17)23/h2-7,10-11H,8-9,12H2,1H3,(H,25,26). The van der Waals surface area contributed by atoms with Crippen molar-refractivity contribution in [2.45, 2.75) is 19.8 Å². The van der Waals surface area contributed by atoms with Gasteiger partial charge in [0.1, 0.15) is 5.82 Å². The summed E-state index contributed by atoms with van der Waals surface area (Å²) in [6.45, 7) is 1.49. The number of ether oxygens (including phenoxy) is 1. The number of hydrogen-bond donors (Lipinski definition) is 1. The Morgan fingerprint density at radius 2 is 1.97 bits per heavy atom. The van der Waals surface area contributed by atoms with Crippen LogP contribution in [-0.4, -0.2) is 23.5 Å². The first kappa shape index (κ1) is 20.7. The highest BCUT2D eigenvalue weighted by Gasteiger charge is 2.13. The second kappa shape index (κ2) is 9.47. The van der Waals surface area contributed by atoms with Crippen LogP contribution in [0, 0.1) is 12.7 Å². The minimum absolute atomic E-state index is 0.00771. The molecule has 1 amide bonds. The topological polar surface area (TPSA) is 81.4 Å². The van der Waals surface area contributed by atoms with Crippen molar-refractivity contribution in [3.63, 3.8) is 0 Å². The molecule has 0 saturated carbocycles. The van der Waals surface area contributed by atoms with Crippen LogP contribution >= 0.6 is 15.9 Å². The number of hydrogen-bond acceptors (Lipinski definition) is 5. The van der Waals surface area contributed by atoms with Crippen molar-refractivity contribution < 1.29 is 23.1 Å². The van der Waals surface area contributed by atoms with Gasteiger partial charge in [0.15, 0.2) is 18.3 Å². The number of nitrogens with zero attached hydrogens (tertiary/aromatic N) is 1. The highest BCUT2D eigenvalue weighted by Crippen LogP contribution is 2.21. The van der Waals surface area contributed by atoms with Crippen molar-refractivity contribution in [2.75, 3.05) is 11.9 Å². The van der Waals surface area contributed by atoms with Crippen molar-refractivity contribution in [3.8, 4) is 11.3 Å². The van der Waals surface area contributed by atoms with Crippen LogP contribution in [0.25, 0.3) is 11.3 Å². The molecule has 150 valence electrons. The van der Waals surface area contributed by atoms with Crippen LogP contribution in [0.1, 0.15) is 17.9 Å². The number of nitrogens with one attached hydrogen (secondary N) is 1. The fourth-order valence-corrected chi connectivity index (χ4v) is 2.81. The number of halogens is 2. The lowest BCUT2D eigenvalue weighted by Crippen LogP contribution is -2.21. The minimum atomic E-state index is -0.627. The summed E-state index contributed by atoms with van der Waals surface area (Å²) < 4.78 is 24.8. The maximum absolute atomic E-state index is 13.7. The number of benzene rings is 2. The van der Waals surface area contributed by atoms with E-state index in [1.165, 1.54) is 12.1 Å². The molecule has 0 fully saturated rings. The number of carbonyl (C=O) groups excluding carboxylic acids is 2. The minimum Gasteiger partial charge on any atom is -0.456 e. The van der Waals surface area contributed by atoms with Gasteiger partial charge in [-0.2, -0.15) is 0 Å². The van der Waals surface area contributed by atoms with E-state index in [1.807, 2.05) is 31.2 Å². The van der Waals surface area contributed by atoms with Crippen LogP contribution in [-0.2, 0) is 20.7 Å². The average Bonchev–Trinajstić information content (AvgIpc) is 3.16. The molecular formula is C21H18BrFN2O4. The Hall–Kier alpha value is -3.00. The molecule has 1 aromatic heterocycles. The fourth-order valence-electron chi connectivity index (χ4n) is 2.48. The van der Waals surface area contributed by atoms with E-state index < -0.39 is 24.3 Å². The third-order valence-corrected chi connectivity index (χ3v) is 4.50. The molecule has 3 rings (SSSR count). The zero-order chi connectivity index (χ0) is 20.8. The largest absolute Gasteiger partial charge is 0.456 e. The number of esters is 1. The van der Waals surface area contributed by atoms with Gasteiger partial charge in [0, 0.05) is 16.5 Å². The summed E-state index contributed by atoms with van der Waals surface area (Å²) in [5.74, 6) is -0.778. The Morgan fingerprint density at radius 3 is 2.69 bits per heavy atom. The summed E-state index contributed by atoms with van der Waals surface area (Å²) >= 11 is 3.13. The van der Waals surface area contributed by atoms with Crippen LogP contribution in [0.4, 0.5) is 10.1 Å².